The zero-order valence-corrected chi connectivity index (χ0v) is 13.2. The summed E-state index contributed by atoms with van der Waals surface area (Å²) >= 11 is 5.56. The lowest BCUT2D eigenvalue weighted by atomic mass is 10.4. The number of hydrogen-bond acceptors (Lipinski definition) is 4. The summed E-state index contributed by atoms with van der Waals surface area (Å²) in [6.07, 6.45) is 0. The fourth-order valence-corrected chi connectivity index (χ4v) is 3.32. The third-order valence-corrected chi connectivity index (χ3v) is 4.88. The Kier molecular flexibility index (Phi) is 6.32. The number of alkyl halides is 1. The van der Waals surface area contributed by atoms with Gasteiger partial charge in [-0.15, -0.1) is 11.6 Å². The molecule has 0 unspecified atom stereocenters. The molecule has 0 aliphatic rings. The van der Waals surface area contributed by atoms with Crippen molar-refractivity contribution in [1.82, 2.24) is 9.21 Å². The summed E-state index contributed by atoms with van der Waals surface area (Å²) in [5.41, 5.74) is 0. The normalized spacial score (nSPS) is 12.5. The van der Waals surface area contributed by atoms with Crippen LogP contribution in [0.5, 0.6) is 0 Å². The fraction of sp³-hybridized carbons (Fsp3) is 0.667. The van der Waals surface area contributed by atoms with E-state index in [0.29, 0.717) is 18.8 Å². The predicted octanol–water partition coefficient (Wildman–Crippen LogP) is 1.52. The van der Waals surface area contributed by atoms with E-state index in [1.807, 2.05) is 32.0 Å². The molecule has 0 bridgehead atoms. The van der Waals surface area contributed by atoms with Gasteiger partial charge >= 0.3 is 0 Å². The van der Waals surface area contributed by atoms with Crippen molar-refractivity contribution in [2.24, 2.45) is 0 Å². The average Bonchev–Trinajstić information content (AvgIpc) is 2.69. The largest absolute Gasteiger partial charge is 0.465 e. The van der Waals surface area contributed by atoms with Crippen molar-refractivity contribution in [3.05, 3.63) is 23.7 Å². The Morgan fingerprint density at radius 2 is 1.95 bits per heavy atom. The number of likely N-dealkylation sites (N-methyl/N-ethyl adjacent to an activating group) is 1. The molecule has 0 aliphatic carbocycles. The third kappa shape index (κ3) is 5.52. The van der Waals surface area contributed by atoms with E-state index in [4.69, 9.17) is 16.0 Å². The van der Waals surface area contributed by atoms with Gasteiger partial charge in [0.2, 0.25) is 10.0 Å². The first-order valence-electron chi connectivity index (χ1n) is 6.09. The van der Waals surface area contributed by atoms with Gasteiger partial charge in [-0.25, -0.2) is 8.42 Å². The maximum Gasteiger partial charge on any atom is 0.215 e. The van der Waals surface area contributed by atoms with Crippen LogP contribution in [0.4, 0.5) is 0 Å². The van der Waals surface area contributed by atoms with Gasteiger partial charge in [0.15, 0.2) is 0 Å². The molecule has 0 aromatic carbocycles. The van der Waals surface area contributed by atoms with E-state index in [1.54, 1.807) is 6.07 Å². The van der Waals surface area contributed by atoms with Gasteiger partial charge in [0.05, 0.1) is 12.3 Å². The van der Waals surface area contributed by atoms with Crippen molar-refractivity contribution in [1.29, 1.82) is 0 Å². The number of halogens is 1. The van der Waals surface area contributed by atoms with Crippen LogP contribution in [0.1, 0.15) is 11.5 Å². The summed E-state index contributed by atoms with van der Waals surface area (Å²) in [5.74, 6) is 1.46. The molecule has 110 valence electrons. The van der Waals surface area contributed by atoms with E-state index in [0.717, 1.165) is 5.76 Å². The number of nitrogens with zero attached hydrogens (tertiary/aromatic N) is 2. The van der Waals surface area contributed by atoms with Gasteiger partial charge in [0.1, 0.15) is 11.5 Å². The summed E-state index contributed by atoms with van der Waals surface area (Å²) in [5, 5.41) is 0. The van der Waals surface area contributed by atoms with E-state index in [1.165, 1.54) is 4.31 Å². The van der Waals surface area contributed by atoms with Crippen molar-refractivity contribution >= 4 is 21.6 Å². The molecule has 0 fully saturated rings. The molecule has 0 spiro atoms. The van der Waals surface area contributed by atoms with Crippen LogP contribution in [-0.4, -0.2) is 56.4 Å². The van der Waals surface area contributed by atoms with Gasteiger partial charge in [0, 0.05) is 19.0 Å². The lowest BCUT2D eigenvalue weighted by Gasteiger charge is -2.22. The number of furan rings is 1. The highest BCUT2D eigenvalue weighted by Crippen LogP contribution is 2.13. The Bertz CT molecular complexity index is 485. The highest BCUT2D eigenvalue weighted by molar-refractivity contribution is 7.89. The molecule has 1 rings (SSSR count). The monoisotopic (exact) mass is 308 g/mol. The van der Waals surface area contributed by atoms with E-state index in [-0.39, 0.29) is 18.2 Å². The Hall–Kier alpha value is -0.560. The molecule has 19 heavy (non-hydrogen) atoms. The second kappa shape index (κ2) is 7.28. The molecule has 0 N–H and O–H groups in total. The summed E-state index contributed by atoms with van der Waals surface area (Å²) in [6, 6.07) is 3.63. The Morgan fingerprint density at radius 3 is 2.42 bits per heavy atom. The second-order valence-electron chi connectivity index (χ2n) is 4.65. The van der Waals surface area contributed by atoms with Crippen LogP contribution in [0.2, 0.25) is 0 Å². The van der Waals surface area contributed by atoms with E-state index in [2.05, 4.69) is 0 Å². The van der Waals surface area contributed by atoms with Crippen molar-refractivity contribution in [3.63, 3.8) is 0 Å². The minimum Gasteiger partial charge on any atom is -0.465 e. The van der Waals surface area contributed by atoms with Gasteiger partial charge in [-0.1, -0.05) is 0 Å². The smallest absolute Gasteiger partial charge is 0.215 e. The molecule has 7 heteroatoms. The minimum absolute atomic E-state index is 0.0539. The Morgan fingerprint density at radius 1 is 1.26 bits per heavy atom. The summed E-state index contributed by atoms with van der Waals surface area (Å²) in [7, 11) is 0.470. The zero-order chi connectivity index (χ0) is 14.5. The fourth-order valence-electron chi connectivity index (χ4n) is 1.60. The number of rotatable bonds is 8. The van der Waals surface area contributed by atoms with Crippen LogP contribution < -0.4 is 0 Å². The second-order valence-corrected chi connectivity index (χ2v) is 7.12. The van der Waals surface area contributed by atoms with Gasteiger partial charge < -0.3 is 9.32 Å². The molecular weight excluding hydrogens is 288 g/mol. The van der Waals surface area contributed by atoms with Crippen LogP contribution in [-0.2, 0) is 16.6 Å². The highest BCUT2D eigenvalue weighted by Gasteiger charge is 2.22. The van der Waals surface area contributed by atoms with E-state index in [9.17, 15) is 8.42 Å². The van der Waals surface area contributed by atoms with E-state index < -0.39 is 10.0 Å². The average molecular weight is 309 g/mol. The molecule has 0 radical (unpaired) electrons. The van der Waals surface area contributed by atoms with Crippen LogP contribution in [0.3, 0.4) is 0 Å². The Balaban J connectivity index is 2.79. The van der Waals surface area contributed by atoms with Gasteiger partial charge in [-0.2, -0.15) is 4.31 Å². The minimum atomic E-state index is -3.34. The molecule has 5 nitrogen and oxygen atoms in total. The first-order valence-corrected chi connectivity index (χ1v) is 8.23. The lowest BCUT2D eigenvalue weighted by molar-refractivity contribution is 0.310. The quantitative estimate of drug-likeness (QED) is 0.683. The van der Waals surface area contributed by atoms with Crippen LogP contribution in [0.25, 0.3) is 0 Å². The lowest BCUT2D eigenvalue weighted by Crippen LogP contribution is -2.37. The molecule has 0 saturated heterocycles. The first kappa shape index (κ1) is 16.5. The molecule has 0 atom stereocenters. The number of aryl methyl sites for hydroxylation is 1. The SMILES string of the molecule is Cc1ccc(CN(CCN(C)C)S(=O)(=O)CCCl)o1. The summed E-state index contributed by atoms with van der Waals surface area (Å²) in [4.78, 5) is 1.94. The Labute approximate surface area is 120 Å². The zero-order valence-electron chi connectivity index (χ0n) is 11.6. The van der Waals surface area contributed by atoms with Crippen molar-refractivity contribution < 1.29 is 12.8 Å². The molecule has 1 heterocycles. The molecule has 1 aromatic rings. The molecule has 0 saturated carbocycles. The maximum absolute atomic E-state index is 12.1. The van der Waals surface area contributed by atoms with Crippen LogP contribution >= 0.6 is 11.6 Å². The van der Waals surface area contributed by atoms with Crippen molar-refractivity contribution in [2.75, 3.05) is 38.8 Å². The molecular formula is C12H21ClN2O3S. The van der Waals surface area contributed by atoms with Crippen molar-refractivity contribution in [3.8, 4) is 0 Å². The predicted molar refractivity (Wildman–Crippen MR) is 76.9 cm³/mol. The van der Waals surface area contributed by atoms with Gasteiger partial charge in [-0.3, -0.25) is 0 Å². The van der Waals surface area contributed by atoms with Crippen LogP contribution in [0.15, 0.2) is 16.5 Å². The molecule has 0 amide bonds. The number of hydrogen-bond donors (Lipinski definition) is 0. The number of sulfonamides is 1. The van der Waals surface area contributed by atoms with E-state index >= 15 is 0 Å². The van der Waals surface area contributed by atoms with Gasteiger partial charge in [-0.05, 0) is 33.2 Å². The van der Waals surface area contributed by atoms with Gasteiger partial charge in [0.25, 0.3) is 0 Å². The highest BCUT2D eigenvalue weighted by atomic mass is 35.5. The molecule has 1 aromatic heterocycles. The first-order chi connectivity index (χ1) is 8.85. The standard InChI is InChI=1S/C12H21ClN2O3S/c1-11-4-5-12(18-11)10-15(8-7-14(2)3)19(16,17)9-6-13/h4-5H,6-10H2,1-3H3. The van der Waals surface area contributed by atoms with Crippen LogP contribution in [0, 0.1) is 6.92 Å². The molecule has 0 aliphatic heterocycles. The summed E-state index contributed by atoms with van der Waals surface area (Å²) in [6.45, 7) is 3.16. The topological polar surface area (TPSA) is 53.8 Å². The van der Waals surface area contributed by atoms with Crippen molar-refractivity contribution in [2.45, 2.75) is 13.5 Å². The third-order valence-electron chi connectivity index (χ3n) is 2.65. The maximum atomic E-state index is 12.1. The summed E-state index contributed by atoms with van der Waals surface area (Å²) < 4.78 is 31.1.